The molecule has 1 aliphatic rings. The molecule has 0 aliphatic heterocycles. The van der Waals surface area contributed by atoms with Gasteiger partial charge in [-0.05, 0) is 17.6 Å². The van der Waals surface area contributed by atoms with E-state index in [0.717, 1.165) is 0 Å². The molecule has 0 fully saturated rings. The van der Waals surface area contributed by atoms with Gasteiger partial charge in [-0.3, -0.25) is 0 Å². The van der Waals surface area contributed by atoms with Crippen molar-refractivity contribution in [1.82, 2.24) is 0 Å². The number of halogens is 3. The second kappa shape index (κ2) is 4.04. The normalized spacial score (nSPS) is 24.6. The molecule has 1 aliphatic carbocycles. The lowest BCUT2D eigenvalue weighted by Crippen LogP contribution is -2.54. The Kier molecular flexibility index (Phi) is 2.83. The summed E-state index contributed by atoms with van der Waals surface area (Å²) < 4.78 is 39.2. The minimum absolute atomic E-state index is 0.119. The van der Waals surface area contributed by atoms with E-state index in [4.69, 9.17) is 5.73 Å². The molecule has 1 unspecified atom stereocenters. The summed E-state index contributed by atoms with van der Waals surface area (Å²) in [6.07, 6.45) is -0.192. The summed E-state index contributed by atoms with van der Waals surface area (Å²) in [5.41, 5.74) is 3.91. The summed E-state index contributed by atoms with van der Waals surface area (Å²) >= 11 is 0. The van der Waals surface area contributed by atoms with E-state index >= 15 is 0 Å². The van der Waals surface area contributed by atoms with Gasteiger partial charge in [0.25, 0.3) is 0 Å². The molecule has 1 aromatic rings. The van der Waals surface area contributed by atoms with Crippen LogP contribution in [0.2, 0.25) is 0 Å². The quantitative estimate of drug-likeness (QED) is 0.799. The van der Waals surface area contributed by atoms with Gasteiger partial charge in [0.05, 0.1) is 0 Å². The Bertz CT molecular complexity index is 459. The molecule has 1 aromatic carbocycles. The van der Waals surface area contributed by atoms with Crippen LogP contribution in [0.5, 0.6) is 0 Å². The zero-order valence-electron chi connectivity index (χ0n) is 9.04. The average Bonchev–Trinajstić information content (AvgIpc) is 2.29. The van der Waals surface area contributed by atoms with E-state index in [2.05, 4.69) is 0 Å². The number of rotatable bonds is 1. The maximum absolute atomic E-state index is 13.1. The zero-order chi connectivity index (χ0) is 12.5. The second-order valence-electron chi connectivity index (χ2n) is 4.05. The van der Waals surface area contributed by atoms with Gasteiger partial charge in [-0.1, -0.05) is 48.6 Å². The lowest BCUT2D eigenvalue weighted by Gasteiger charge is -2.35. The fraction of sp³-hybridized carbons (Fsp3) is 0.231. The number of nitrogens with two attached hydrogens (primary N) is 1. The smallest absolute Gasteiger partial charge is 0.314 e. The topological polar surface area (TPSA) is 26.0 Å². The average molecular weight is 239 g/mol. The summed E-state index contributed by atoms with van der Waals surface area (Å²) in [4.78, 5) is 0. The zero-order valence-corrected chi connectivity index (χ0v) is 9.04. The van der Waals surface area contributed by atoms with Crippen LogP contribution in [0, 0.1) is 0 Å². The minimum Gasteiger partial charge on any atom is -0.314 e. The molecule has 1 nitrogen and oxygen atoms in total. The highest BCUT2D eigenvalue weighted by atomic mass is 19.4. The van der Waals surface area contributed by atoms with E-state index < -0.39 is 11.7 Å². The third-order valence-electron chi connectivity index (χ3n) is 2.91. The van der Waals surface area contributed by atoms with Gasteiger partial charge in [0.1, 0.15) is 5.54 Å². The summed E-state index contributed by atoms with van der Waals surface area (Å²) in [6, 6.07) is 8.43. The molecule has 0 aromatic heterocycles. The van der Waals surface area contributed by atoms with Crippen molar-refractivity contribution in [3.8, 4) is 0 Å². The fourth-order valence-electron chi connectivity index (χ4n) is 1.92. The SMILES string of the molecule is NC1(C(F)(F)F)CC=CC=C1c1ccccc1. The number of allylic oxidation sites excluding steroid dienone is 2. The van der Waals surface area contributed by atoms with Gasteiger partial charge < -0.3 is 5.73 Å². The van der Waals surface area contributed by atoms with E-state index in [-0.39, 0.29) is 12.0 Å². The molecule has 0 bridgehead atoms. The van der Waals surface area contributed by atoms with Crippen molar-refractivity contribution in [3.63, 3.8) is 0 Å². The third-order valence-corrected chi connectivity index (χ3v) is 2.91. The molecular formula is C13H12F3N. The van der Waals surface area contributed by atoms with Crippen LogP contribution in [-0.4, -0.2) is 11.7 Å². The molecule has 0 heterocycles. The predicted octanol–water partition coefficient (Wildman–Crippen LogP) is 3.29. The first kappa shape index (κ1) is 11.9. The Morgan fingerprint density at radius 3 is 2.35 bits per heavy atom. The van der Waals surface area contributed by atoms with E-state index in [0.29, 0.717) is 5.56 Å². The van der Waals surface area contributed by atoms with Gasteiger partial charge in [-0.25, -0.2) is 0 Å². The van der Waals surface area contributed by atoms with E-state index in [9.17, 15) is 13.2 Å². The van der Waals surface area contributed by atoms with Crippen molar-refractivity contribution in [2.24, 2.45) is 5.73 Å². The predicted molar refractivity (Wildman–Crippen MR) is 61.1 cm³/mol. The van der Waals surface area contributed by atoms with Gasteiger partial charge in [0, 0.05) is 0 Å². The standard InChI is InChI=1S/C13H12F3N/c14-13(15,16)12(17)9-5-4-8-11(12)10-6-2-1-3-7-10/h1-8H,9,17H2. The Labute approximate surface area is 97.4 Å². The van der Waals surface area contributed by atoms with Crippen LogP contribution >= 0.6 is 0 Å². The van der Waals surface area contributed by atoms with Gasteiger partial charge in [0.15, 0.2) is 0 Å². The van der Waals surface area contributed by atoms with Crippen molar-refractivity contribution < 1.29 is 13.2 Å². The molecule has 0 spiro atoms. The number of hydrogen-bond acceptors (Lipinski definition) is 1. The van der Waals surface area contributed by atoms with Crippen molar-refractivity contribution >= 4 is 5.57 Å². The van der Waals surface area contributed by atoms with Gasteiger partial charge in [-0.15, -0.1) is 0 Å². The first-order valence-electron chi connectivity index (χ1n) is 5.23. The largest absolute Gasteiger partial charge is 0.410 e. The summed E-state index contributed by atoms with van der Waals surface area (Å²) in [7, 11) is 0. The first-order chi connectivity index (χ1) is 7.95. The Balaban J connectivity index is 2.50. The van der Waals surface area contributed by atoms with E-state index in [1.54, 1.807) is 36.4 Å². The number of hydrogen-bond donors (Lipinski definition) is 1. The van der Waals surface area contributed by atoms with Crippen LogP contribution < -0.4 is 5.73 Å². The van der Waals surface area contributed by atoms with Crippen LogP contribution in [-0.2, 0) is 0 Å². The monoisotopic (exact) mass is 239 g/mol. The minimum atomic E-state index is -4.46. The van der Waals surface area contributed by atoms with Gasteiger partial charge >= 0.3 is 6.18 Å². The van der Waals surface area contributed by atoms with Crippen LogP contribution in [0.1, 0.15) is 12.0 Å². The van der Waals surface area contributed by atoms with Crippen LogP contribution in [0.3, 0.4) is 0 Å². The summed E-state index contributed by atoms with van der Waals surface area (Å²) in [6.45, 7) is 0. The lowest BCUT2D eigenvalue weighted by atomic mass is 9.79. The van der Waals surface area contributed by atoms with Crippen molar-refractivity contribution in [1.29, 1.82) is 0 Å². The molecule has 2 N–H and O–H groups in total. The van der Waals surface area contributed by atoms with Crippen molar-refractivity contribution in [2.75, 3.05) is 0 Å². The van der Waals surface area contributed by atoms with E-state index in [1.807, 2.05) is 0 Å². The van der Waals surface area contributed by atoms with Gasteiger partial charge in [-0.2, -0.15) is 13.2 Å². The molecule has 4 heteroatoms. The molecule has 17 heavy (non-hydrogen) atoms. The summed E-state index contributed by atoms with van der Waals surface area (Å²) in [5, 5.41) is 0. The third kappa shape index (κ3) is 2.00. The van der Waals surface area contributed by atoms with Crippen molar-refractivity contribution in [2.45, 2.75) is 18.1 Å². The van der Waals surface area contributed by atoms with Crippen molar-refractivity contribution in [3.05, 3.63) is 54.1 Å². The molecule has 1 atom stereocenters. The Morgan fingerprint density at radius 1 is 1.12 bits per heavy atom. The van der Waals surface area contributed by atoms with Crippen LogP contribution in [0.25, 0.3) is 5.57 Å². The highest BCUT2D eigenvalue weighted by molar-refractivity contribution is 5.76. The van der Waals surface area contributed by atoms with Gasteiger partial charge in [0.2, 0.25) is 0 Å². The molecule has 0 radical (unpaired) electrons. The fourth-order valence-corrected chi connectivity index (χ4v) is 1.92. The molecule has 0 amide bonds. The molecule has 2 rings (SSSR count). The molecule has 0 saturated carbocycles. The molecule has 90 valence electrons. The lowest BCUT2D eigenvalue weighted by molar-refractivity contribution is -0.167. The maximum Gasteiger partial charge on any atom is 0.410 e. The number of alkyl halides is 3. The molecular weight excluding hydrogens is 227 g/mol. The molecule has 0 saturated heterocycles. The maximum atomic E-state index is 13.1. The highest BCUT2D eigenvalue weighted by Crippen LogP contribution is 2.43. The highest BCUT2D eigenvalue weighted by Gasteiger charge is 2.54. The van der Waals surface area contributed by atoms with Crippen LogP contribution in [0.4, 0.5) is 13.2 Å². The first-order valence-corrected chi connectivity index (χ1v) is 5.23. The Morgan fingerprint density at radius 2 is 1.76 bits per heavy atom. The van der Waals surface area contributed by atoms with E-state index in [1.165, 1.54) is 12.2 Å². The Hall–Kier alpha value is -1.55. The van der Waals surface area contributed by atoms with Crippen LogP contribution in [0.15, 0.2) is 48.6 Å². The second-order valence-corrected chi connectivity index (χ2v) is 4.05. The summed E-state index contributed by atoms with van der Waals surface area (Å²) in [5.74, 6) is 0. The number of benzene rings is 1.